The van der Waals surface area contributed by atoms with Gasteiger partial charge in [-0.2, -0.15) is 0 Å². The van der Waals surface area contributed by atoms with Gasteiger partial charge in [-0.1, -0.05) is 243 Å². The van der Waals surface area contributed by atoms with Crippen molar-refractivity contribution in [1.29, 1.82) is 0 Å². The van der Waals surface area contributed by atoms with Crippen molar-refractivity contribution >= 4 is 83.5 Å². The molecule has 0 unspecified atom stereocenters. The fourth-order valence-corrected chi connectivity index (χ4v) is 17.6. The summed E-state index contributed by atoms with van der Waals surface area (Å²) in [6, 6.07) is 88.4. The van der Waals surface area contributed by atoms with Gasteiger partial charge in [0.25, 0.3) is 0 Å². The molecule has 0 aliphatic rings. The molecule has 0 amide bonds. The van der Waals surface area contributed by atoms with E-state index in [1.807, 2.05) is 0 Å². The predicted octanol–water partition coefficient (Wildman–Crippen LogP) is 11.2. The Morgan fingerprint density at radius 2 is 0.310 bits per heavy atom. The largest absolute Gasteiger partial charge is 0.0622 e. The first-order chi connectivity index (χ1) is 28.8. The quantitative estimate of drug-likeness (QED) is 0.0953. The van der Waals surface area contributed by atoms with Gasteiger partial charge < -0.3 is 0 Å². The third kappa shape index (κ3) is 13.2. The fraction of sp³-hybridized carbons (Fsp3) is 0.0769. The average Bonchev–Trinajstić information content (AvgIpc) is 3.32. The Hall–Kier alpha value is -3.54. The number of hydrogen-bond donors (Lipinski definition) is 0. The van der Waals surface area contributed by atoms with Crippen molar-refractivity contribution in [1.82, 2.24) is 0 Å². The Balaban J connectivity index is 0.000000188. The van der Waals surface area contributed by atoms with E-state index in [1.165, 1.54) is 67.1 Å². The molecule has 0 aliphatic carbocycles. The fourth-order valence-electron chi connectivity index (χ4n) is 6.89. The van der Waals surface area contributed by atoms with Crippen LogP contribution in [0.5, 0.6) is 0 Å². The van der Waals surface area contributed by atoms with E-state index in [0.717, 1.165) is 18.8 Å². The second-order valence-electron chi connectivity index (χ2n) is 13.3. The number of hydrogen-bond acceptors (Lipinski definition) is 0. The van der Waals surface area contributed by atoms with Gasteiger partial charge in [-0.15, -0.1) is 0 Å². The minimum atomic E-state index is -0.348. The van der Waals surface area contributed by atoms with Crippen LogP contribution in [0.3, 0.4) is 0 Å². The van der Waals surface area contributed by atoms with Gasteiger partial charge in [-0.3, -0.25) is 0 Å². The van der Waals surface area contributed by atoms with Crippen LogP contribution in [0.2, 0.25) is 0 Å². The van der Waals surface area contributed by atoms with Crippen LogP contribution in [0, 0.1) is 0 Å². The smallest absolute Gasteiger partial charge is 0.0195 e. The Bertz CT molecular complexity index is 1760. The van der Waals surface area contributed by atoms with E-state index in [2.05, 4.69) is 243 Å². The van der Waals surface area contributed by atoms with Crippen LogP contribution in [-0.2, 0) is 18.8 Å². The van der Waals surface area contributed by atoms with Gasteiger partial charge in [-0.25, -0.2) is 0 Å². The van der Waals surface area contributed by atoms with Gasteiger partial charge in [0.2, 0.25) is 0 Å². The molecule has 8 aromatic carbocycles. The maximum Gasteiger partial charge on any atom is -0.0195 e. The van der Waals surface area contributed by atoms with E-state index >= 15 is 0 Å². The van der Waals surface area contributed by atoms with Crippen LogP contribution >= 0.6 is 41.1 Å². The van der Waals surface area contributed by atoms with E-state index in [-0.39, 0.29) is 31.7 Å². The molecular formula is C52H48ClP4W. The molecule has 0 aromatic heterocycles. The van der Waals surface area contributed by atoms with Crippen molar-refractivity contribution in [3.05, 3.63) is 243 Å². The molecule has 0 heterocycles. The molecule has 0 nitrogen and oxygen atoms in total. The SMILES string of the molecule is [Cl][W].c1ccc(P(CCP(c2ccccc2)c2ccccc2)c2ccccc2)cc1.c1ccc(P(CCP(c2ccccc2)c2ccccc2)c2ccccc2)cc1. The molecule has 0 radical (unpaired) electrons. The molecule has 0 spiro atoms. The zero-order valence-electron chi connectivity index (χ0n) is 32.5. The Kier molecular flexibility index (Phi) is 19.1. The van der Waals surface area contributed by atoms with Crippen molar-refractivity contribution in [2.24, 2.45) is 0 Å². The maximum absolute atomic E-state index is 4.72. The summed E-state index contributed by atoms with van der Waals surface area (Å²) < 4.78 is 0. The minimum absolute atomic E-state index is 0.348. The monoisotopic (exact) mass is 1020 g/mol. The number of halogens is 1. The molecule has 0 bridgehead atoms. The Morgan fingerprint density at radius 3 is 0.414 bits per heavy atom. The van der Waals surface area contributed by atoms with Crippen LogP contribution in [0.1, 0.15) is 0 Å². The molecule has 6 heteroatoms. The molecular weight excluding hydrogens is 968 g/mol. The van der Waals surface area contributed by atoms with Gasteiger partial charge in [0.1, 0.15) is 0 Å². The van der Waals surface area contributed by atoms with E-state index < -0.39 is 0 Å². The van der Waals surface area contributed by atoms with Gasteiger partial charge >= 0.3 is 28.2 Å². The van der Waals surface area contributed by atoms with Crippen molar-refractivity contribution in [2.45, 2.75) is 0 Å². The summed E-state index contributed by atoms with van der Waals surface area (Å²) in [5.74, 6) is 0. The van der Waals surface area contributed by atoms with Crippen LogP contribution < -0.4 is 42.4 Å². The Morgan fingerprint density at radius 1 is 0.207 bits per heavy atom. The second-order valence-corrected chi connectivity index (χ2v) is 22.6. The summed E-state index contributed by atoms with van der Waals surface area (Å²) in [5.41, 5.74) is 0. The third-order valence-corrected chi connectivity index (χ3v) is 20.4. The zero-order chi connectivity index (χ0) is 40.0. The van der Waals surface area contributed by atoms with Gasteiger partial charge in [0.05, 0.1) is 0 Å². The second kappa shape index (κ2) is 25.2. The number of benzene rings is 8. The van der Waals surface area contributed by atoms with Crippen LogP contribution in [0.25, 0.3) is 0 Å². The molecule has 8 aromatic rings. The van der Waals surface area contributed by atoms with Crippen molar-refractivity contribution in [2.75, 3.05) is 24.6 Å². The summed E-state index contributed by atoms with van der Waals surface area (Å²) in [7, 11) is 3.33. The molecule has 0 N–H and O–H groups in total. The summed E-state index contributed by atoms with van der Waals surface area (Å²) in [4.78, 5) is 0. The van der Waals surface area contributed by atoms with E-state index in [4.69, 9.17) is 9.42 Å². The average molecular weight is 1020 g/mol. The molecule has 0 saturated heterocycles. The first kappa shape index (κ1) is 44.0. The summed E-state index contributed by atoms with van der Waals surface area (Å²) in [6.07, 6.45) is 4.83. The zero-order valence-corrected chi connectivity index (χ0v) is 39.8. The summed E-state index contributed by atoms with van der Waals surface area (Å²) >= 11 is 1.06. The van der Waals surface area contributed by atoms with E-state index in [1.54, 1.807) is 0 Å². The molecule has 0 saturated carbocycles. The number of rotatable bonds is 14. The van der Waals surface area contributed by atoms with Crippen LogP contribution in [-0.4, -0.2) is 24.6 Å². The van der Waals surface area contributed by atoms with Crippen molar-refractivity contribution in [3.63, 3.8) is 0 Å². The maximum atomic E-state index is 4.72. The van der Waals surface area contributed by atoms with E-state index in [9.17, 15) is 0 Å². The van der Waals surface area contributed by atoms with Gasteiger partial charge in [0, 0.05) is 0 Å². The molecule has 289 valence electrons. The first-order valence-corrected chi connectivity index (χ1v) is 29.2. The van der Waals surface area contributed by atoms with Crippen LogP contribution in [0.15, 0.2) is 243 Å². The van der Waals surface area contributed by atoms with Gasteiger partial charge in [0.15, 0.2) is 0 Å². The minimum Gasteiger partial charge on any atom is -0.0622 e. The topological polar surface area (TPSA) is 0 Å². The standard InChI is InChI=1S/2C26H24P2.ClH.W/c2*1-5-13-23(14-6-1)27(24-15-7-2-8-16-24)21-22-28(25-17-9-3-10-18-25)26-19-11-4-12-20-26;;/h2*1-20H,21-22H2;1H;/q;;;+1/p-1. The summed E-state index contributed by atoms with van der Waals surface area (Å²) in [5, 5.41) is 11.8. The predicted molar refractivity (Wildman–Crippen MR) is 262 cm³/mol. The molecule has 0 aliphatic heterocycles. The van der Waals surface area contributed by atoms with Crippen molar-refractivity contribution < 1.29 is 18.8 Å². The van der Waals surface area contributed by atoms with Gasteiger partial charge in [-0.05, 0) is 98.8 Å². The Labute approximate surface area is 367 Å². The molecule has 58 heavy (non-hydrogen) atoms. The molecule has 0 fully saturated rings. The first-order valence-electron chi connectivity index (χ1n) is 19.5. The molecule has 8 rings (SSSR count). The van der Waals surface area contributed by atoms with Crippen LogP contribution in [0.4, 0.5) is 0 Å². The normalized spacial score (nSPS) is 10.8. The molecule has 0 atom stereocenters. The van der Waals surface area contributed by atoms with Crippen molar-refractivity contribution in [3.8, 4) is 0 Å². The van der Waals surface area contributed by atoms with E-state index in [0.29, 0.717) is 0 Å². The third-order valence-electron chi connectivity index (χ3n) is 9.64. The summed E-state index contributed by atoms with van der Waals surface area (Å²) in [6.45, 7) is 0.